The topological polar surface area (TPSA) is 75.4 Å². The third-order valence-electron chi connectivity index (χ3n) is 4.88. The Balaban J connectivity index is 1.44. The number of rotatable bonds is 4. The molecule has 27 heavy (non-hydrogen) atoms. The molecule has 5 rings (SSSR count). The zero-order chi connectivity index (χ0) is 18.5. The highest BCUT2D eigenvalue weighted by Crippen LogP contribution is 2.31. The van der Waals surface area contributed by atoms with Crippen molar-refractivity contribution in [3.8, 4) is 11.4 Å². The number of carbonyl (C=O) groups excluding carboxylic acids is 1. The summed E-state index contributed by atoms with van der Waals surface area (Å²) in [6, 6.07) is 9.40. The highest BCUT2D eigenvalue weighted by Gasteiger charge is 2.39. The lowest BCUT2D eigenvalue weighted by Crippen LogP contribution is -2.30. The van der Waals surface area contributed by atoms with Gasteiger partial charge in [0.15, 0.2) is 11.5 Å². The Labute approximate surface area is 165 Å². The normalized spacial score (nSPS) is 19.9. The fourth-order valence-electron chi connectivity index (χ4n) is 3.51. The Morgan fingerprint density at radius 1 is 1.07 bits per heavy atom. The number of likely N-dealkylation sites (tertiary alicyclic amines) is 1. The van der Waals surface area contributed by atoms with Crippen LogP contribution in [-0.2, 0) is 4.79 Å². The minimum Gasteiger partial charge on any atom is -0.364 e. The molecule has 1 N–H and O–H groups in total. The molecule has 9 heteroatoms. The van der Waals surface area contributed by atoms with Crippen molar-refractivity contribution in [1.82, 2.24) is 24.7 Å². The van der Waals surface area contributed by atoms with Crippen molar-refractivity contribution in [2.45, 2.75) is 31.3 Å². The zero-order valence-corrected chi connectivity index (χ0v) is 15.8. The van der Waals surface area contributed by atoms with Crippen LogP contribution in [0.5, 0.6) is 0 Å². The molecule has 0 radical (unpaired) electrons. The second kappa shape index (κ2) is 6.35. The zero-order valence-electron chi connectivity index (χ0n) is 14.3. The second-order valence-electron chi connectivity index (χ2n) is 6.99. The Kier molecular flexibility index (Phi) is 3.94. The van der Waals surface area contributed by atoms with Gasteiger partial charge in [-0.15, -0.1) is 15.3 Å². The maximum absolute atomic E-state index is 12.1. The average Bonchev–Trinajstić information content (AvgIpc) is 3.27. The average molecular weight is 403 g/mol. The molecule has 2 aliphatic rings. The number of amides is 1. The summed E-state index contributed by atoms with van der Waals surface area (Å²) in [6.45, 7) is 0.724. The first-order valence-electron chi connectivity index (χ1n) is 8.82. The van der Waals surface area contributed by atoms with Gasteiger partial charge in [0.25, 0.3) is 0 Å². The quantitative estimate of drug-likeness (QED) is 0.724. The molecule has 2 aromatic heterocycles. The van der Waals surface area contributed by atoms with E-state index in [2.05, 4.69) is 20.6 Å². The molecule has 7 nitrogen and oxygen atoms in total. The van der Waals surface area contributed by atoms with Gasteiger partial charge in [0, 0.05) is 34.6 Å². The van der Waals surface area contributed by atoms with Gasteiger partial charge in [0.05, 0.1) is 6.04 Å². The fraction of sp³-hybridized carbons (Fsp3) is 0.333. The fourth-order valence-corrected chi connectivity index (χ4v) is 4.03. The Hall–Kier alpha value is -2.38. The lowest BCUT2D eigenvalue weighted by atomic mass is 10.2. The molecule has 2 fully saturated rings. The molecular formula is C18H16Cl2N6O. The van der Waals surface area contributed by atoms with Crippen LogP contribution in [-0.4, -0.2) is 49.2 Å². The van der Waals surface area contributed by atoms with E-state index < -0.39 is 0 Å². The number of hydrogen-bond donors (Lipinski definition) is 1. The number of nitrogens with zero attached hydrogens (tertiary/aromatic N) is 5. The Morgan fingerprint density at radius 2 is 1.85 bits per heavy atom. The first-order valence-corrected chi connectivity index (χ1v) is 9.57. The summed E-state index contributed by atoms with van der Waals surface area (Å²) in [5.41, 5.74) is 1.36. The van der Waals surface area contributed by atoms with Crippen LogP contribution in [0.4, 0.5) is 5.82 Å². The number of anilines is 1. The van der Waals surface area contributed by atoms with Crippen molar-refractivity contribution in [2.24, 2.45) is 0 Å². The first-order chi connectivity index (χ1) is 13.1. The molecule has 1 saturated carbocycles. The molecule has 3 aromatic rings. The van der Waals surface area contributed by atoms with Gasteiger partial charge in [-0.2, -0.15) is 4.52 Å². The second-order valence-corrected chi connectivity index (χ2v) is 7.87. The molecule has 138 valence electrons. The van der Waals surface area contributed by atoms with Crippen LogP contribution in [0.25, 0.3) is 17.0 Å². The third kappa shape index (κ3) is 3.21. The van der Waals surface area contributed by atoms with E-state index in [1.165, 1.54) is 0 Å². The van der Waals surface area contributed by atoms with Crippen LogP contribution in [0.1, 0.15) is 19.3 Å². The number of fused-ring (bicyclic) bond motifs is 1. The summed E-state index contributed by atoms with van der Waals surface area (Å²) in [5.74, 6) is 1.45. The highest BCUT2D eigenvalue weighted by atomic mass is 35.5. The molecule has 1 saturated heterocycles. The standard InChI is InChI=1S/C18H16Cl2N6O/c19-11-5-10(6-12(20)7-11)18-23-22-16-4-3-15(24-26(16)18)21-13-8-17(27)25(9-13)14-1-2-14/h3-7,13-14H,1-2,8-9H2,(H,21,24). The van der Waals surface area contributed by atoms with Gasteiger partial charge in [0.2, 0.25) is 5.91 Å². The molecule has 0 spiro atoms. The van der Waals surface area contributed by atoms with Gasteiger partial charge >= 0.3 is 0 Å². The number of halogens is 2. The van der Waals surface area contributed by atoms with E-state index in [-0.39, 0.29) is 11.9 Å². The number of hydrogen-bond acceptors (Lipinski definition) is 5. The Morgan fingerprint density at radius 3 is 2.59 bits per heavy atom. The highest BCUT2D eigenvalue weighted by molar-refractivity contribution is 6.35. The van der Waals surface area contributed by atoms with E-state index in [9.17, 15) is 4.79 Å². The van der Waals surface area contributed by atoms with Crippen molar-refractivity contribution >= 4 is 40.6 Å². The van der Waals surface area contributed by atoms with E-state index in [1.54, 1.807) is 22.7 Å². The van der Waals surface area contributed by atoms with Crippen LogP contribution in [0.3, 0.4) is 0 Å². The van der Waals surface area contributed by atoms with Crippen molar-refractivity contribution < 1.29 is 4.79 Å². The van der Waals surface area contributed by atoms with Crippen LogP contribution < -0.4 is 5.32 Å². The largest absolute Gasteiger partial charge is 0.364 e. The van der Waals surface area contributed by atoms with Gasteiger partial charge in [0.1, 0.15) is 5.82 Å². The van der Waals surface area contributed by atoms with E-state index in [0.29, 0.717) is 39.8 Å². The molecule has 0 bridgehead atoms. The molecule has 1 amide bonds. The van der Waals surface area contributed by atoms with Crippen molar-refractivity contribution in [3.63, 3.8) is 0 Å². The summed E-state index contributed by atoms with van der Waals surface area (Å²) in [4.78, 5) is 14.1. The minimum absolute atomic E-state index is 0.0589. The summed E-state index contributed by atoms with van der Waals surface area (Å²) in [7, 11) is 0. The van der Waals surface area contributed by atoms with Crippen LogP contribution in [0.2, 0.25) is 10.0 Å². The molecule has 1 atom stereocenters. The third-order valence-corrected chi connectivity index (χ3v) is 5.32. The number of aromatic nitrogens is 4. The van der Waals surface area contributed by atoms with Crippen molar-refractivity contribution in [1.29, 1.82) is 0 Å². The summed E-state index contributed by atoms with van der Waals surface area (Å²) in [6.07, 6.45) is 2.74. The van der Waals surface area contributed by atoms with E-state index in [1.807, 2.05) is 17.0 Å². The van der Waals surface area contributed by atoms with E-state index in [4.69, 9.17) is 23.2 Å². The number of nitrogens with one attached hydrogen (secondary N) is 1. The summed E-state index contributed by atoms with van der Waals surface area (Å²) >= 11 is 12.2. The SMILES string of the molecule is O=C1CC(Nc2ccc3nnc(-c4cc(Cl)cc(Cl)c4)n3n2)CN1C1CC1. The van der Waals surface area contributed by atoms with Crippen molar-refractivity contribution in [2.75, 3.05) is 11.9 Å². The van der Waals surface area contributed by atoms with Crippen LogP contribution >= 0.6 is 23.2 Å². The Bertz CT molecular complexity index is 1030. The van der Waals surface area contributed by atoms with E-state index >= 15 is 0 Å². The molecule has 1 aromatic carbocycles. The lowest BCUT2D eigenvalue weighted by Gasteiger charge is -2.16. The predicted molar refractivity (Wildman–Crippen MR) is 103 cm³/mol. The van der Waals surface area contributed by atoms with Gasteiger partial charge in [-0.25, -0.2) is 0 Å². The molecule has 1 aliphatic heterocycles. The van der Waals surface area contributed by atoms with Gasteiger partial charge < -0.3 is 10.2 Å². The van der Waals surface area contributed by atoms with Crippen molar-refractivity contribution in [3.05, 3.63) is 40.4 Å². The first kappa shape index (κ1) is 16.8. The molecule has 3 heterocycles. The lowest BCUT2D eigenvalue weighted by molar-refractivity contribution is -0.128. The maximum atomic E-state index is 12.1. The summed E-state index contributed by atoms with van der Waals surface area (Å²) < 4.78 is 1.65. The van der Waals surface area contributed by atoms with Gasteiger partial charge in [-0.05, 0) is 43.2 Å². The monoisotopic (exact) mass is 402 g/mol. The van der Waals surface area contributed by atoms with Crippen LogP contribution in [0.15, 0.2) is 30.3 Å². The predicted octanol–water partition coefficient (Wildman–Crippen LogP) is 3.27. The molecule has 1 unspecified atom stereocenters. The van der Waals surface area contributed by atoms with Gasteiger partial charge in [-0.1, -0.05) is 23.2 Å². The maximum Gasteiger partial charge on any atom is 0.225 e. The number of benzene rings is 1. The summed E-state index contributed by atoms with van der Waals surface area (Å²) in [5, 5.41) is 17.4. The molecule has 1 aliphatic carbocycles. The molecular weight excluding hydrogens is 387 g/mol. The van der Waals surface area contributed by atoms with Gasteiger partial charge in [-0.3, -0.25) is 4.79 Å². The smallest absolute Gasteiger partial charge is 0.225 e. The van der Waals surface area contributed by atoms with Crippen LogP contribution in [0, 0.1) is 0 Å². The number of carbonyl (C=O) groups is 1. The minimum atomic E-state index is 0.0589. The van der Waals surface area contributed by atoms with E-state index in [0.717, 1.165) is 24.9 Å².